The fourth-order valence-corrected chi connectivity index (χ4v) is 4.96. The van der Waals surface area contributed by atoms with E-state index in [1.54, 1.807) is 12.1 Å². The first-order valence-electron chi connectivity index (χ1n) is 10.3. The number of nitrogens with zero attached hydrogens (tertiary/aromatic N) is 2. The number of pyridine rings is 1. The van der Waals surface area contributed by atoms with E-state index in [-0.39, 0.29) is 5.91 Å². The maximum absolute atomic E-state index is 12.2. The Balaban J connectivity index is 1.39. The molecule has 2 aromatic carbocycles. The molecule has 1 aliphatic rings. The Bertz CT molecular complexity index is 1130. The molecular weight excluding hydrogens is 426 g/mol. The van der Waals surface area contributed by atoms with Crippen molar-refractivity contribution in [2.45, 2.75) is 36.6 Å². The molecule has 0 aliphatic heterocycles. The van der Waals surface area contributed by atoms with Gasteiger partial charge < -0.3 is 5.32 Å². The first-order valence-corrected chi connectivity index (χ1v) is 11.7. The zero-order valence-electron chi connectivity index (χ0n) is 17.0. The van der Waals surface area contributed by atoms with Crippen LogP contribution in [0.15, 0.2) is 65.7 Å². The molecule has 1 N–H and O–H groups in total. The minimum atomic E-state index is -0.109. The van der Waals surface area contributed by atoms with Crippen LogP contribution in [0.5, 0.6) is 0 Å². The average molecular weight is 448 g/mol. The topological polar surface area (TPSA) is 65.8 Å². The first-order chi connectivity index (χ1) is 15.1. The third-order valence-corrected chi connectivity index (χ3v) is 6.78. The molecule has 6 heteroatoms. The van der Waals surface area contributed by atoms with Gasteiger partial charge in [0.15, 0.2) is 0 Å². The van der Waals surface area contributed by atoms with E-state index in [4.69, 9.17) is 16.6 Å². The molecule has 0 saturated carbocycles. The maximum Gasteiger partial charge on any atom is 0.225 e. The minimum absolute atomic E-state index is 0.109. The van der Waals surface area contributed by atoms with Crippen LogP contribution in [0.1, 0.15) is 41.1 Å². The van der Waals surface area contributed by atoms with Crippen molar-refractivity contribution < 1.29 is 4.79 Å². The van der Waals surface area contributed by atoms with E-state index in [1.165, 1.54) is 17.3 Å². The zero-order valence-corrected chi connectivity index (χ0v) is 18.5. The van der Waals surface area contributed by atoms with Crippen LogP contribution in [0.25, 0.3) is 0 Å². The van der Waals surface area contributed by atoms with Crippen LogP contribution in [0.3, 0.4) is 0 Å². The Kier molecular flexibility index (Phi) is 6.91. The molecule has 1 atom stereocenters. The summed E-state index contributed by atoms with van der Waals surface area (Å²) < 4.78 is 0. The lowest BCUT2D eigenvalue weighted by Crippen LogP contribution is -2.15. The highest BCUT2D eigenvalue weighted by atomic mass is 35.5. The number of nitrogens with one attached hydrogen (secondary N) is 1. The lowest BCUT2D eigenvalue weighted by atomic mass is 9.82. The maximum atomic E-state index is 12.2. The molecule has 1 aliphatic carbocycles. The first kappa shape index (κ1) is 21.4. The lowest BCUT2D eigenvalue weighted by Gasteiger charge is -2.25. The number of para-hydroxylation sites is 1. The van der Waals surface area contributed by atoms with Gasteiger partial charge in [0.25, 0.3) is 0 Å². The fourth-order valence-electron chi connectivity index (χ4n) is 3.86. The van der Waals surface area contributed by atoms with Gasteiger partial charge in [0.05, 0.1) is 16.3 Å². The van der Waals surface area contributed by atoms with Gasteiger partial charge in [-0.25, -0.2) is 4.98 Å². The van der Waals surface area contributed by atoms with Gasteiger partial charge in [0.2, 0.25) is 5.91 Å². The second-order valence-electron chi connectivity index (χ2n) is 7.54. The Morgan fingerprint density at radius 3 is 2.74 bits per heavy atom. The van der Waals surface area contributed by atoms with Crippen molar-refractivity contribution in [3.8, 4) is 6.07 Å². The SMILES string of the molecule is N#Cc1cc2c(nc1SCCC(=O)Nc1ccccc1Cl)CCC(c1ccccc1)C2. The van der Waals surface area contributed by atoms with Crippen LogP contribution in [0, 0.1) is 11.3 Å². The summed E-state index contributed by atoms with van der Waals surface area (Å²) in [5, 5.41) is 13.7. The van der Waals surface area contributed by atoms with Crippen molar-refractivity contribution in [3.63, 3.8) is 0 Å². The number of carbonyl (C=O) groups excluding carboxylic acids is 1. The van der Waals surface area contributed by atoms with Crippen molar-refractivity contribution in [2.75, 3.05) is 11.1 Å². The van der Waals surface area contributed by atoms with Crippen molar-refractivity contribution in [1.82, 2.24) is 4.98 Å². The third kappa shape index (κ3) is 5.28. The molecule has 0 bridgehead atoms. The second kappa shape index (κ2) is 10.00. The number of hydrogen-bond acceptors (Lipinski definition) is 4. The molecule has 4 nitrogen and oxygen atoms in total. The van der Waals surface area contributed by atoms with E-state index in [2.05, 4.69) is 35.7 Å². The summed E-state index contributed by atoms with van der Waals surface area (Å²) >= 11 is 7.55. The van der Waals surface area contributed by atoms with Crippen LogP contribution < -0.4 is 5.32 Å². The van der Waals surface area contributed by atoms with Crippen molar-refractivity contribution >= 4 is 35.0 Å². The number of fused-ring (bicyclic) bond motifs is 1. The summed E-state index contributed by atoms with van der Waals surface area (Å²) in [5.41, 5.74) is 4.78. The summed E-state index contributed by atoms with van der Waals surface area (Å²) in [4.78, 5) is 17.0. The van der Waals surface area contributed by atoms with Gasteiger partial charge in [0, 0.05) is 17.9 Å². The number of nitriles is 1. The number of amides is 1. The quantitative estimate of drug-likeness (QED) is 0.470. The molecular formula is C25H22ClN3OS. The van der Waals surface area contributed by atoms with Crippen molar-refractivity contribution in [2.24, 2.45) is 0 Å². The monoisotopic (exact) mass is 447 g/mol. The van der Waals surface area contributed by atoms with Crippen molar-refractivity contribution in [1.29, 1.82) is 5.26 Å². The molecule has 1 aromatic heterocycles. The molecule has 1 heterocycles. The predicted octanol–water partition coefficient (Wildman–Crippen LogP) is 6.00. The molecule has 0 fully saturated rings. The Hall–Kier alpha value is -2.81. The largest absolute Gasteiger partial charge is 0.325 e. The summed E-state index contributed by atoms with van der Waals surface area (Å²) in [6.07, 6.45) is 3.18. The van der Waals surface area contributed by atoms with Crippen LogP contribution in [0.2, 0.25) is 5.02 Å². The van der Waals surface area contributed by atoms with Gasteiger partial charge in [-0.05, 0) is 54.5 Å². The number of anilines is 1. The fraction of sp³-hybridized carbons (Fsp3) is 0.240. The van der Waals surface area contributed by atoms with Gasteiger partial charge in [-0.2, -0.15) is 5.26 Å². The van der Waals surface area contributed by atoms with Gasteiger partial charge in [-0.1, -0.05) is 54.1 Å². The third-order valence-electron chi connectivity index (χ3n) is 5.46. The summed E-state index contributed by atoms with van der Waals surface area (Å²) in [5.74, 6) is 0.903. The molecule has 31 heavy (non-hydrogen) atoms. The van der Waals surface area contributed by atoms with Gasteiger partial charge in [-0.3, -0.25) is 4.79 Å². The number of aromatic nitrogens is 1. The number of rotatable bonds is 6. The zero-order chi connectivity index (χ0) is 21.6. The smallest absolute Gasteiger partial charge is 0.225 e. The lowest BCUT2D eigenvalue weighted by molar-refractivity contribution is -0.115. The Labute approximate surface area is 191 Å². The molecule has 0 spiro atoms. The number of aryl methyl sites for hydroxylation is 1. The van der Waals surface area contributed by atoms with Crippen molar-refractivity contribution in [3.05, 3.63) is 88.1 Å². The summed E-state index contributed by atoms with van der Waals surface area (Å²) in [6, 6.07) is 22.0. The van der Waals surface area contributed by atoms with Crippen LogP contribution >= 0.6 is 23.4 Å². The average Bonchev–Trinajstić information content (AvgIpc) is 2.80. The van der Waals surface area contributed by atoms with E-state index >= 15 is 0 Å². The number of halogens is 1. The molecule has 156 valence electrons. The van der Waals surface area contributed by atoms with E-state index in [9.17, 15) is 10.1 Å². The van der Waals surface area contributed by atoms with Crippen LogP contribution in [-0.2, 0) is 17.6 Å². The number of benzene rings is 2. The number of carbonyl (C=O) groups is 1. The molecule has 0 radical (unpaired) electrons. The Morgan fingerprint density at radius 1 is 1.19 bits per heavy atom. The second-order valence-corrected chi connectivity index (χ2v) is 9.03. The van der Waals surface area contributed by atoms with Crippen LogP contribution in [-0.4, -0.2) is 16.6 Å². The van der Waals surface area contributed by atoms with Crippen LogP contribution in [0.4, 0.5) is 5.69 Å². The highest BCUT2D eigenvalue weighted by Gasteiger charge is 2.23. The predicted molar refractivity (Wildman–Crippen MR) is 126 cm³/mol. The molecule has 0 saturated heterocycles. The Morgan fingerprint density at radius 2 is 1.97 bits per heavy atom. The van der Waals surface area contributed by atoms with Gasteiger partial charge >= 0.3 is 0 Å². The molecule has 1 unspecified atom stereocenters. The normalized spacial score (nSPS) is 15.0. The highest BCUT2D eigenvalue weighted by molar-refractivity contribution is 7.99. The summed E-state index contributed by atoms with van der Waals surface area (Å²) in [6.45, 7) is 0. The number of hydrogen-bond donors (Lipinski definition) is 1. The standard InChI is InChI=1S/C25H22ClN3OS/c26-21-8-4-5-9-23(21)28-24(30)12-13-31-25-20(16-27)15-19-14-18(10-11-22(19)29-25)17-6-2-1-3-7-17/h1-9,15,18H,10-14H2,(H,28,30). The molecule has 3 aromatic rings. The van der Waals surface area contributed by atoms with E-state index in [0.717, 1.165) is 30.5 Å². The molecule has 1 amide bonds. The summed E-state index contributed by atoms with van der Waals surface area (Å²) in [7, 11) is 0. The van der Waals surface area contributed by atoms with E-state index in [0.29, 0.717) is 39.4 Å². The van der Waals surface area contributed by atoms with Gasteiger partial charge in [-0.15, -0.1) is 11.8 Å². The minimum Gasteiger partial charge on any atom is -0.325 e. The van der Waals surface area contributed by atoms with Gasteiger partial charge in [0.1, 0.15) is 11.1 Å². The molecule has 4 rings (SSSR count). The highest BCUT2D eigenvalue weighted by Crippen LogP contribution is 2.34. The number of thioether (sulfide) groups is 1. The van der Waals surface area contributed by atoms with E-state index in [1.807, 2.05) is 24.3 Å². The van der Waals surface area contributed by atoms with E-state index < -0.39 is 0 Å².